The van der Waals surface area contributed by atoms with Crippen LogP contribution in [0.5, 0.6) is 0 Å². The number of aryl methyl sites for hydroxylation is 1. The van der Waals surface area contributed by atoms with Crippen LogP contribution < -0.4 is 0 Å². The van der Waals surface area contributed by atoms with Crippen molar-refractivity contribution in [3.05, 3.63) is 23.8 Å². The van der Waals surface area contributed by atoms with Gasteiger partial charge in [-0.15, -0.1) is 5.10 Å². The van der Waals surface area contributed by atoms with E-state index in [0.29, 0.717) is 23.9 Å². The zero-order chi connectivity index (χ0) is 9.97. The van der Waals surface area contributed by atoms with Crippen LogP contribution in [0.25, 0.3) is 11.0 Å². The number of hydrogen-bond donors (Lipinski definition) is 0. The van der Waals surface area contributed by atoms with Gasteiger partial charge in [0.1, 0.15) is 17.3 Å². The van der Waals surface area contributed by atoms with Gasteiger partial charge in [-0.2, -0.15) is 0 Å². The van der Waals surface area contributed by atoms with Crippen LogP contribution in [0.3, 0.4) is 0 Å². The molecule has 14 heavy (non-hydrogen) atoms. The fraction of sp³-hybridized carbons (Fsp3) is 0.222. The highest BCUT2D eigenvalue weighted by Gasteiger charge is 2.03. The Morgan fingerprint density at radius 1 is 1.50 bits per heavy atom. The standard InChI is InChI=1S/C9H8FN3O/c10-13-9-4-3-7(2-1-5-14)6-8(9)11-12-13/h3-6H,1-2H2. The maximum atomic E-state index is 12.8. The fourth-order valence-corrected chi connectivity index (χ4v) is 1.32. The average molecular weight is 193 g/mol. The summed E-state index contributed by atoms with van der Waals surface area (Å²) < 4.78 is 12.8. The van der Waals surface area contributed by atoms with E-state index in [1.807, 2.05) is 0 Å². The number of hydrogen-bond acceptors (Lipinski definition) is 3. The van der Waals surface area contributed by atoms with E-state index >= 15 is 0 Å². The van der Waals surface area contributed by atoms with Crippen LogP contribution in [-0.2, 0) is 11.2 Å². The van der Waals surface area contributed by atoms with Gasteiger partial charge in [-0.05, 0) is 29.3 Å². The summed E-state index contributed by atoms with van der Waals surface area (Å²) >= 11 is 0. The SMILES string of the molecule is O=CCCc1ccc2c(c1)nnn2F. The van der Waals surface area contributed by atoms with Gasteiger partial charge in [0.2, 0.25) is 0 Å². The first kappa shape index (κ1) is 8.80. The zero-order valence-corrected chi connectivity index (χ0v) is 7.35. The van der Waals surface area contributed by atoms with Gasteiger partial charge in [-0.3, -0.25) is 0 Å². The van der Waals surface area contributed by atoms with Crippen molar-refractivity contribution in [3.8, 4) is 0 Å². The first-order valence-electron chi connectivity index (χ1n) is 4.25. The highest BCUT2D eigenvalue weighted by molar-refractivity contribution is 5.74. The first-order chi connectivity index (χ1) is 6.81. The second-order valence-electron chi connectivity index (χ2n) is 2.98. The molecule has 1 heterocycles. The lowest BCUT2D eigenvalue weighted by Gasteiger charge is -1.96. The third-order valence-corrected chi connectivity index (χ3v) is 2.02. The molecule has 0 atom stereocenters. The molecule has 0 bridgehead atoms. The molecular formula is C9H8FN3O. The van der Waals surface area contributed by atoms with Gasteiger partial charge >= 0.3 is 0 Å². The average Bonchev–Trinajstić information content (AvgIpc) is 2.57. The van der Waals surface area contributed by atoms with Gasteiger partial charge in [0.05, 0.1) is 0 Å². The van der Waals surface area contributed by atoms with E-state index in [4.69, 9.17) is 0 Å². The van der Waals surface area contributed by atoms with Gasteiger partial charge in [0.15, 0.2) is 0 Å². The minimum atomic E-state index is 0.235. The fourth-order valence-electron chi connectivity index (χ4n) is 1.32. The van der Waals surface area contributed by atoms with Gasteiger partial charge in [0.25, 0.3) is 0 Å². The maximum Gasteiger partial charge on any atom is 0.125 e. The van der Waals surface area contributed by atoms with Crippen LogP contribution in [0.1, 0.15) is 12.0 Å². The molecule has 0 amide bonds. The molecule has 0 saturated carbocycles. The molecular weight excluding hydrogens is 185 g/mol. The van der Waals surface area contributed by atoms with Crippen molar-refractivity contribution in [1.29, 1.82) is 0 Å². The minimum absolute atomic E-state index is 0.235. The number of halogens is 1. The van der Waals surface area contributed by atoms with Crippen LogP contribution in [0.4, 0.5) is 4.48 Å². The number of rotatable bonds is 3. The van der Waals surface area contributed by atoms with Crippen molar-refractivity contribution < 1.29 is 9.28 Å². The predicted octanol–water partition coefficient (Wildman–Crippen LogP) is 1.30. The number of carbonyl (C=O) groups excluding carboxylic acids is 1. The Hall–Kier alpha value is -1.78. The Kier molecular flexibility index (Phi) is 2.22. The number of benzene rings is 1. The number of aromatic nitrogens is 3. The van der Waals surface area contributed by atoms with Crippen molar-refractivity contribution in [2.45, 2.75) is 12.8 Å². The molecule has 0 aliphatic rings. The van der Waals surface area contributed by atoms with E-state index in [0.717, 1.165) is 11.8 Å². The second kappa shape index (κ2) is 3.53. The molecule has 4 nitrogen and oxygen atoms in total. The molecule has 0 fully saturated rings. The molecule has 0 unspecified atom stereocenters. The molecule has 0 N–H and O–H groups in total. The number of carbonyl (C=O) groups is 1. The lowest BCUT2D eigenvalue weighted by Crippen LogP contribution is -1.86. The van der Waals surface area contributed by atoms with Crippen LogP contribution in [0, 0.1) is 0 Å². The molecule has 0 aliphatic carbocycles. The van der Waals surface area contributed by atoms with E-state index in [2.05, 4.69) is 10.3 Å². The Morgan fingerprint density at radius 3 is 3.14 bits per heavy atom. The number of fused-ring (bicyclic) bond motifs is 1. The smallest absolute Gasteiger partial charge is 0.125 e. The zero-order valence-electron chi connectivity index (χ0n) is 7.35. The molecule has 1 aromatic heterocycles. The summed E-state index contributed by atoms with van der Waals surface area (Å²) in [5.74, 6) is 0. The molecule has 2 rings (SSSR count). The van der Waals surface area contributed by atoms with Crippen molar-refractivity contribution in [3.63, 3.8) is 0 Å². The Morgan fingerprint density at radius 2 is 2.36 bits per heavy atom. The quantitative estimate of drug-likeness (QED) is 0.690. The van der Waals surface area contributed by atoms with E-state index in [1.165, 1.54) is 0 Å². The largest absolute Gasteiger partial charge is 0.303 e. The minimum Gasteiger partial charge on any atom is -0.303 e. The lowest BCUT2D eigenvalue weighted by molar-refractivity contribution is -0.107. The normalized spacial score (nSPS) is 10.6. The van der Waals surface area contributed by atoms with Gasteiger partial charge in [-0.25, -0.2) is 0 Å². The lowest BCUT2D eigenvalue weighted by atomic mass is 10.1. The topological polar surface area (TPSA) is 47.8 Å². The summed E-state index contributed by atoms with van der Waals surface area (Å²) in [4.78, 5) is 10.4. The molecule has 2 aromatic rings. The predicted molar refractivity (Wildman–Crippen MR) is 48.4 cm³/mol. The van der Waals surface area contributed by atoms with E-state index in [1.54, 1.807) is 18.2 Å². The maximum absolute atomic E-state index is 12.8. The van der Waals surface area contributed by atoms with Crippen molar-refractivity contribution >= 4 is 17.3 Å². The second-order valence-corrected chi connectivity index (χ2v) is 2.98. The van der Waals surface area contributed by atoms with Crippen molar-refractivity contribution in [2.24, 2.45) is 0 Å². The van der Waals surface area contributed by atoms with Crippen LogP contribution in [-0.4, -0.2) is 21.5 Å². The summed E-state index contributed by atoms with van der Waals surface area (Å²) in [6.07, 6.45) is 1.98. The summed E-state index contributed by atoms with van der Waals surface area (Å²) in [6.45, 7) is 0. The molecule has 0 saturated heterocycles. The highest BCUT2D eigenvalue weighted by atomic mass is 19.2. The highest BCUT2D eigenvalue weighted by Crippen LogP contribution is 2.14. The van der Waals surface area contributed by atoms with Gasteiger partial charge < -0.3 is 4.79 Å². The van der Waals surface area contributed by atoms with E-state index in [9.17, 15) is 9.28 Å². The summed E-state index contributed by atoms with van der Waals surface area (Å²) in [6, 6.07) is 5.11. The van der Waals surface area contributed by atoms with Crippen molar-refractivity contribution in [2.75, 3.05) is 0 Å². The first-order valence-corrected chi connectivity index (χ1v) is 4.25. The monoisotopic (exact) mass is 193 g/mol. The Labute approximate surface area is 79.3 Å². The Balaban J connectivity index is 2.36. The Bertz CT molecular complexity index is 466. The molecule has 1 aromatic carbocycles. The summed E-state index contributed by atoms with van der Waals surface area (Å²) in [5.41, 5.74) is 1.82. The molecule has 0 radical (unpaired) electrons. The van der Waals surface area contributed by atoms with Crippen LogP contribution >= 0.6 is 0 Å². The third-order valence-electron chi connectivity index (χ3n) is 2.02. The van der Waals surface area contributed by atoms with E-state index in [-0.39, 0.29) is 4.90 Å². The third kappa shape index (κ3) is 1.48. The van der Waals surface area contributed by atoms with Crippen LogP contribution in [0.2, 0.25) is 0 Å². The summed E-state index contributed by atoms with van der Waals surface area (Å²) in [7, 11) is 0. The van der Waals surface area contributed by atoms with Gasteiger partial charge in [-0.1, -0.05) is 15.5 Å². The van der Waals surface area contributed by atoms with Crippen LogP contribution in [0.15, 0.2) is 18.2 Å². The molecule has 0 aliphatic heterocycles. The van der Waals surface area contributed by atoms with Crippen molar-refractivity contribution in [1.82, 2.24) is 15.2 Å². The molecule has 72 valence electrons. The van der Waals surface area contributed by atoms with Gasteiger partial charge in [0, 0.05) is 6.42 Å². The summed E-state index contributed by atoms with van der Waals surface area (Å²) in [5, 5.41) is 6.88. The molecule has 5 heteroatoms. The number of aldehydes is 1. The van der Waals surface area contributed by atoms with E-state index < -0.39 is 0 Å². The number of nitrogens with zero attached hydrogens (tertiary/aromatic N) is 3. The molecule has 0 spiro atoms.